The third kappa shape index (κ3) is 4.48. The Morgan fingerprint density at radius 1 is 1.25 bits per heavy atom. The first kappa shape index (κ1) is 15.3. The molecule has 0 N–H and O–H groups in total. The first-order valence-corrected chi connectivity index (χ1v) is 6.95. The molecule has 0 aliphatic carbocycles. The van der Waals surface area contributed by atoms with Crippen LogP contribution >= 0.6 is 22.6 Å². The van der Waals surface area contributed by atoms with Gasteiger partial charge in [0.25, 0.3) is 0 Å². The molecule has 0 saturated carbocycles. The van der Waals surface area contributed by atoms with Crippen molar-refractivity contribution in [1.82, 2.24) is 9.78 Å². The average Bonchev–Trinajstić information content (AvgIpc) is 2.83. The average molecular weight is 396 g/mol. The maximum absolute atomic E-state index is 11.9. The highest BCUT2D eigenvalue weighted by molar-refractivity contribution is 14.1. The fourth-order valence-electron chi connectivity index (χ4n) is 1.67. The fourth-order valence-corrected chi connectivity index (χ4v) is 2.37. The Kier molecular flexibility index (Phi) is 5.03. The molecule has 0 radical (unpaired) electrons. The molecule has 0 atom stereocenters. The van der Waals surface area contributed by atoms with E-state index in [1.807, 2.05) is 24.3 Å². The second-order valence-corrected chi connectivity index (χ2v) is 5.30. The molecule has 7 heteroatoms. The number of benzene rings is 1. The van der Waals surface area contributed by atoms with Crippen molar-refractivity contribution in [3.63, 3.8) is 0 Å². The van der Waals surface area contributed by atoms with E-state index in [1.54, 1.807) is 17.1 Å². The molecule has 0 saturated heterocycles. The summed E-state index contributed by atoms with van der Waals surface area (Å²) >= 11 is 2.23. The normalized spacial score (nSPS) is 11.8. The van der Waals surface area contributed by atoms with Gasteiger partial charge in [0.15, 0.2) is 0 Å². The molecule has 1 aromatic heterocycles. The van der Waals surface area contributed by atoms with Crippen molar-refractivity contribution >= 4 is 22.6 Å². The summed E-state index contributed by atoms with van der Waals surface area (Å²) in [4.78, 5) is 0. The Balaban J connectivity index is 1.92. The lowest BCUT2D eigenvalue weighted by atomic mass is 10.1. The van der Waals surface area contributed by atoms with Gasteiger partial charge in [-0.2, -0.15) is 18.3 Å². The van der Waals surface area contributed by atoms with E-state index in [1.165, 1.54) is 0 Å². The molecule has 0 aliphatic heterocycles. The molecule has 2 rings (SSSR count). The van der Waals surface area contributed by atoms with E-state index in [4.69, 9.17) is 0 Å². The van der Waals surface area contributed by atoms with Crippen LogP contribution in [0, 0.1) is 3.57 Å². The quantitative estimate of drug-likeness (QED) is 0.569. The smallest absolute Gasteiger partial charge is 0.370 e. The van der Waals surface area contributed by atoms with Gasteiger partial charge in [-0.05, 0) is 34.2 Å². The summed E-state index contributed by atoms with van der Waals surface area (Å²) in [6.45, 7) is -0.955. The molecule has 0 spiro atoms. The zero-order chi connectivity index (χ0) is 14.6. The van der Waals surface area contributed by atoms with Crippen molar-refractivity contribution in [2.75, 3.05) is 13.2 Å². The minimum Gasteiger partial charge on any atom is -0.370 e. The minimum absolute atomic E-state index is 0.0213. The van der Waals surface area contributed by atoms with Crippen molar-refractivity contribution in [1.29, 1.82) is 0 Å². The van der Waals surface area contributed by atoms with Gasteiger partial charge in [-0.3, -0.25) is 4.68 Å². The molecule has 108 valence electrons. The third-order valence-electron chi connectivity index (χ3n) is 2.55. The summed E-state index contributed by atoms with van der Waals surface area (Å²) in [6.07, 6.45) is -0.787. The monoisotopic (exact) mass is 396 g/mol. The second kappa shape index (κ2) is 6.57. The summed E-state index contributed by atoms with van der Waals surface area (Å²) in [5.74, 6) is 0. The van der Waals surface area contributed by atoms with Crippen LogP contribution in [-0.4, -0.2) is 29.2 Å². The van der Waals surface area contributed by atoms with E-state index in [0.29, 0.717) is 6.54 Å². The van der Waals surface area contributed by atoms with Crippen LogP contribution in [0.3, 0.4) is 0 Å². The summed E-state index contributed by atoms with van der Waals surface area (Å²) in [6, 6.07) is 7.84. The van der Waals surface area contributed by atoms with Gasteiger partial charge in [0.1, 0.15) is 6.61 Å². The van der Waals surface area contributed by atoms with Crippen LogP contribution in [0.15, 0.2) is 36.7 Å². The molecular formula is C13H12F3IN2O. The second-order valence-electron chi connectivity index (χ2n) is 4.14. The van der Waals surface area contributed by atoms with E-state index in [0.717, 1.165) is 14.7 Å². The number of alkyl halides is 3. The van der Waals surface area contributed by atoms with E-state index < -0.39 is 12.8 Å². The summed E-state index contributed by atoms with van der Waals surface area (Å²) in [5, 5.41) is 4.12. The molecule has 1 heterocycles. The maximum Gasteiger partial charge on any atom is 0.411 e. The predicted molar refractivity (Wildman–Crippen MR) is 77.3 cm³/mol. The SMILES string of the molecule is FC(F)(F)COCCn1cc(-c2ccccc2I)cn1. The highest BCUT2D eigenvalue weighted by Crippen LogP contribution is 2.24. The Morgan fingerprint density at radius 3 is 2.70 bits per heavy atom. The number of hydrogen-bond donors (Lipinski definition) is 0. The van der Waals surface area contributed by atoms with Gasteiger partial charge < -0.3 is 4.74 Å². The van der Waals surface area contributed by atoms with Gasteiger partial charge >= 0.3 is 6.18 Å². The van der Waals surface area contributed by atoms with Crippen LogP contribution in [0.2, 0.25) is 0 Å². The number of ether oxygens (including phenoxy) is 1. The van der Waals surface area contributed by atoms with E-state index in [2.05, 4.69) is 32.4 Å². The number of hydrogen-bond acceptors (Lipinski definition) is 2. The molecule has 0 bridgehead atoms. The summed E-state index contributed by atoms with van der Waals surface area (Å²) in [5.41, 5.74) is 1.99. The van der Waals surface area contributed by atoms with Gasteiger partial charge in [-0.15, -0.1) is 0 Å². The maximum atomic E-state index is 11.9. The van der Waals surface area contributed by atoms with Crippen LogP contribution < -0.4 is 0 Å². The van der Waals surface area contributed by atoms with Gasteiger partial charge in [0, 0.05) is 15.3 Å². The van der Waals surface area contributed by atoms with Crippen molar-refractivity contribution in [3.8, 4) is 11.1 Å². The lowest BCUT2D eigenvalue weighted by Gasteiger charge is -2.07. The molecule has 0 unspecified atom stereocenters. The molecule has 0 fully saturated rings. The first-order valence-electron chi connectivity index (χ1n) is 5.87. The summed E-state index contributed by atoms with van der Waals surface area (Å²) in [7, 11) is 0. The molecular weight excluding hydrogens is 384 g/mol. The minimum atomic E-state index is -4.28. The van der Waals surface area contributed by atoms with Gasteiger partial charge in [-0.1, -0.05) is 18.2 Å². The fraction of sp³-hybridized carbons (Fsp3) is 0.308. The highest BCUT2D eigenvalue weighted by Gasteiger charge is 2.27. The molecule has 3 nitrogen and oxygen atoms in total. The Labute approximate surface area is 127 Å². The van der Waals surface area contributed by atoms with E-state index in [9.17, 15) is 13.2 Å². The highest BCUT2D eigenvalue weighted by atomic mass is 127. The zero-order valence-electron chi connectivity index (χ0n) is 10.4. The lowest BCUT2D eigenvalue weighted by Crippen LogP contribution is -2.19. The Hall–Kier alpha value is -1.09. The molecule has 1 aromatic carbocycles. The van der Waals surface area contributed by atoms with Crippen LogP contribution in [0.5, 0.6) is 0 Å². The zero-order valence-corrected chi connectivity index (χ0v) is 12.6. The van der Waals surface area contributed by atoms with E-state index in [-0.39, 0.29) is 6.61 Å². The Bertz CT molecular complexity index is 569. The van der Waals surface area contributed by atoms with Crippen LogP contribution in [0.4, 0.5) is 13.2 Å². The van der Waals surface area contributed by atoms with Crippen molar-refractivity contribution < 1.29 is 17.9 Å². The topological polar surface area (TPSA) is 27.1 Å². The number of aromatic nitrogens is 2. The molecule has 0 amide bonds. The predicted octanol–water partition coefficient (Wildman–Crippen LogP) is 3.73. The number of rotatable bonds is 5. The van der Waals surface area contributed by atoms with Gasteiger partial charge in [0.2, 0.25) is 0 Å². The van der Waals surface area contributed by atoms with Crippen molar-refractivity contribution in [2.24, 2.45) is 0 Å². The van der Waals surface area contributed by atoms with E-state index >= 15 is 0 Å². The van der Waals surface area contributed by atoms with Gasteiger partial charge in [-0.25, -0.2) is 0 Å². The molecule has 20 heavy (non-hydrogen) atoms. The van der Waals surface area contributed by atoms with Crippen LogP contribution in [0.25, 0.3) is 11.1 Å². The lowest BCUT2D eigenvalue weighted by molar-refractivity contribution is -0.174. The van der Waals surface area contributed by atoms with Crippen molar-refractivity contribution in [3.05, 3.63) is 40.2 Å². The van der Waals surface area contributed by atoms with Crippen LogP contribution in [0.1, 0.15) is 0 Å². The first-order chi connectivity index (χ1) is 9.46. The standard InChI is InChI=1S/C13H12F3IN2O/c14-13(15,16)9-20-6-5-19-8-10(7-18-19)11-3-1-2-4-12(11)17/h1-4,7-8H,5-6,9H2. The molecule has 2 aromatic rings. The number of nitrogens with zero attached hydrogens (tertiary/aromatic N) is 2. The largest absolute Gasteiger partial charge is 0.411 e. The number of halogens is 4. The third-order valence-corrected chi connectivity index (χ3v) is 3.49. The molecule has 0 aliphatic rings. The van der Waals surface area contributed by atoms with Gasteiger partial charge in [0.05, 0.1) is 19.3 Å². The summed E-state index contributed by atoms with van der Waals surface area (Å²) < 4.78 is 42.9. The van der Waals surface area contributed by atoms with Crippen LogP contribution in [-0.2, 0) is 11.3 Å². The Morgan fingerprint density at radius 2 is 2.00 bits per heavy atom. The van der Waals surface area contributed by atoms with Crippen molar-refractivity contribution in [2.45, 2.75) is 12.7 Å².